The van der Waals surface area contributed by atoms with E-state index < -0.39 is 0 Å². The van der Waals surface area contributed by atoms with Crippen LogP contribution in [0.25, 0.3) is 0 Å². The van der Waals surface area contributed by atoms with Crippen molar-refractivity contribution in [2.45, 2.75) is 13.8 Å². The van der Waals surface area contributed by atoms with E-state index >= 15 is 0 Å². The zero-order valence-corrected chi connectivity index (χ0v) is 13.6. The minimum absolute atomic E-state index is 0.0506. The number of rotatable bonds is 5. The van der Waals surface area contributed by atoms with Crippen LogP contribution < -0.4 is 15.5 Å². The highest BCUT2D eigenvalue weighted by molar-refractivity contribution is 5.94. The van der Waals surface area contributed by atoms with E-state index in [0.29, 0.717) is 0 Å². The molecule has 0 saturated carbocycles. The number of amides is 1. The SMILES string of the molecule is Cc1ccc(C)c(NC(=O)CNc2ccc(N(C)C)cc2)c1. The lowest BCUT2D eigenvalue weighted by molar-refractivity contribution is -0.114. The van der Waals surface area contributed by atoms with Crippen molar-refractivity contribution in [1.29, 1.82) is 0 Å². The fourth-order valence-electron chi connectivity index (χ4n) is 2.12. The Balaban J connectivity index is 1.91. The van der Waals surface area contributed by atoms with Gasteiger partial charge in [0.05, 0.1) is 6.54 Å². The Morgan fingerprint density at radius 1 is 1.05 bits per heavy atom. The first-order valence-corrected chi connectivity index (χ1v) is 7.34. The Bertz CT molecular complexity index is 648. The number of nitrogens with one attached hydrogen (secondary N) is 2. The molecule has 0 aliphatic carbocycles. The Hall–Kier alpha value is -2.49. The standard InChI is InChI=1S/C18H23N3O/c1-13-5-6-14(2)17(11-13)20-18(22)12-19-15-7-9-16(10-8-15)21(3)4/h5-11,19H,12H2,1-4H3,(H,20,22). The van der Waals surface area contributed by atoms with Crippen molar-refractivity contribution in [3.05, 3.63) is 53.6 Å². The van der Waals surface area contributed by atoms with Crippen LogP contribution in [0.3, 0.4) is 0 Å². The second-order valence-corrected chi connectivity index (χ2v) is 5.66. The van der Waals surface area contributed by atoms with Crippen molar-refractivity contribution in [3.63, 3.8) is 0 Å². The van der Waals surface area contributed by atoms with Gasteiger partial charge < -0.3 is 15.5 Å². The molecular weight excluding hydrogens is 274 g/mol. The topological polar surface area (TPSA) is 44.4 Å². The molecule has 2 aromatic rings. The third-order valence-corrected chi connectivity index (χ3v) is 3.50. The minimum atomic E-state index is -0.0506. The van der Waals surface area contributed by atoms with Crippen LogP contribution in [0.1, 0.15) is 11.1 Å². The van der Waals surface area contributed by atoms with Crippen molar-refractivity contribution in [1.82, 2.24) is 0 Å². The third-order valence-electron chi connectivity index (χ3n) is 3.50. The van der Waals surface area contributed by atoms with Gasteiger partial charge in [0.25, 0.3) is 0 Å². The van der Waals surface area contributed by atoms with Crippen molar-refractivity contribution >= 4 is 23.0 Å². The molecule has 0 aliphatic rings. The van der Waals surface area contributed by atoms with E-state index in [1.807, 2.05) is 75.3 Å². The normalized spacial score (nSPS) is 10.2. The fraction of sp³-hybridized carbons (Fsp3) is 0.278. The van der Waals surface area contributed by atoms with Gasteiger partial charge in [-0.15, -0.1) is 0 Å². The van der Waals surface area contributed by atoms with Gasteiger partial charge in [0.15, 0.2) is 0 Å². The molecule has 22 heavy (non-hydrogen) atoms. The van der Waals surface area contributed by atoms with Crippen LogP contribution in [-0.2, 0) is 4.79 Å². The number of benzene rings is 2. The molecule has 2 rings (SSSR count). The summed E-state index contributed by atoms with van der Waals surface area (Å²) < 4.78 is 0. The zero-order chi connectivity index (χ0) is 16.1. The molecule has 2 aromatic carbocycles. The predicted molar refractivity (Wildman–Crippen MR) is 93.8 cm³/mol. The maximum atomic E-state index is 12.0. The lowest BCUT2D eigenvalue weighted by Crippen LogP contribution is -2.22. The highest BCUT2D eigenvalue weighted by atomic mass is 16.1. The van der Waals surface area contributed by atoms with E-state index in [-0.39, 0.29) is 12.5 Å². The smallest absolute Gasteiger partial charge is 0.243 e. The molecule has 0 aliphatic heterocycles. The summed E-state index contributed by atoms with van der Waals surface area (Å²) in [6.45, 7) is 4.25. The number of hydrogen-bond donors (Lipinski definition) is 2. The van der Waals surface area contributed by atoms with Crippen molar-refractivity contribution in [2.24, 2.45) is 0 Å². The number of hydrogen-bond acceptors (Lipinski definition) is 3. The predicted octanol–water partition coefficient (Wildman–Crippen LogP) is 3.42. The van der Waals surface area contributed by atoms with Crippen LogP contribution in [-0.4, -0.2) is 26.5 Å². The van der Waals surface area contributed by atoms with E-state index in [1.54, 1.807) is 0 Å². The average Bonchev–Trinajstić information content (AvgIpc) is 2.49. The van der Waals surface area contributed by atoms with Crippen molar-refractivity contribution in [2.75, 3.05) is 36.2 Å². The van der Waals surface area contributed by atoms with Crippen molar-refractivity contribution < 1.29 is 4.79 Å². The Morgan fingerprint density at radius 2 is 1.73 bits per heavy atom. The van der Waals surface area contributed by atoms with Crippen molar-refractivity contribution in [3.8, 4) is 0 Å². The fourth-order valence-corrected chi connectivity index (χ4v) is 2.12. The largest absolute Gasteiger partial charge is 0.378 e. The van der Waals surface area contributed by atoms with Gasteiger partial charge in [0.2, 0.25) is 5.91 Å². The molecule has 2 N–H and O–H groups in total. The molecule has 0 spiro atoms. The third kappa shape index (κ3) is 4.25. The number of carbonyl (C=O) groups excluding carboxylic acids is 1. The molecule has 0 radical (unpaired) electrons. The van der Waals surface area contributed by atoms with Crippen LogP contribution in [0.4, 0.5) is 17.1 Å². The van der Waals surface area contributed by atoms with Crippen LogP contribution in [0.2, 0.25) is 0 Å². The van der Waals surface area contributed by atoms with E-state index in [0.717, 1.165) is 28.2 Å². The van der Waals surface area contributed by atoms with Gasteiger partial charge in [0.1, 0.15) is 0 Å². The van der Waals surface area contributed by atoms with Crippen LogP contribution in [0.5, 0.6) is 0 Å². The lowest BCUT2D eigenvalue weighted by Gasteiger charge is -2.14. The van der Waals surface area contributed by atoms with Gasteiger partial charge in [-0.05, 0) is 55.3 Å². The first-order chi connectivity index (χ1) is 10.5. The summed E-state index contributed by atoms with van der Waals surface area (Å²) in [4.78, 5) is 14.1. The van der Waals surface area contributed by atoms with Gasteiger partial charge in [0, 0.05) is 31.2 Å². The summed E-state index contributed by atoms with van der Waals surface area (Å²) in [5.74, 6) is -0.0506. The van der Waals surface area contributed by atoms with Gasteiger partial charge in [-0.25, -0.2) is 0 Å². The highest BCUT2D eigenvalue weighted by Gasteiger charge is 2.05. The van der Waals surface area contributed by atoms with E-state index in [9.17, 15) is 4.79 Å². The molecule has 0 fully saturated rings. The molecule has 0 heterocycles. The molecule has 4 nitrogen and oxygen atoms in total. The van der Waals surface area contributed by atoms with Gasteiger partial charge in [-0.2, -0.15) is 0 Å². The summed E-state index contributed by atoms with van der Waals surface area (Å²) in [6, 6.07) is 14.0. The van der Waals surface area contributed by atoms with Crippen LogP contribution in [0.15, 0.2) is 42.5 Å². The number of anilines is 3. The number of aryl methyl sites for hydroxylation is 2. The molecule has 0 saturated heterocycles. The number of nitrogens with zero attached hydrogens (tertiary/aromatic N) is 1. The lowest BCUT2D eigenvalue weighted by atomic mass is 10.1. The molecule has 0 bridgehead atoms. The highest BCUT2D eigenvalue weighted by Crippen LogP contribution is 2.17. The zero-order valence-electron chi connectivity index (χ0n) is 13.6. The van der Waals surface area contributed by atoms with Gasteiger partial charge >= 0.3 is 0 Å². The first kappa shape index (κ1) is 15.9. The molecule has 0 aromatic heterocycles. The maximum absolute atomic E-state index is 12.0. The van der Waals surface area contributed by atoms with E-state index in [2.05, 4.69) is 10.6 Å². The van der Waals surface area contributed by atoms with Crippen LogP contribution in [0, 0.1) is 13.8 Å². The summed E-state index contributed by atoms with van der Waals surface area (Å²) in [5, 5.41) is 6.08. The summed E-state index contributed by atoms with van der Waals surface area (Å²) in [6.07, 6.45) is 0. The Kier molecular flexibility index (Phi) is 5.04. The molecular formula is C18H23N3O. The molecule has 4 heteroatoms. The molecule has 1 amide bonds. The molecule has 0 unspecified atom stereocenters. The van der Waals surface area contributed by atoms with E-state index in [1.165, 1.54) is 0 Å². The summed E-state index contributed by atoms with van der Waals surface area (Å²) >= 11 is 0. The Labute approximate surface area is 132 Å². The van der Waals surface area contributed by atoms with E-state index in [4.69, 9.17) is 0 Å². The summed E-state index contributed by atoms with van der Waals surface area (Å²) in [5.41, 5.74) is 5.13. The van der Waals surface area contributed by atoms with Crippen LogP contribution >= 0.6 is 0 Å². The Morgan fingerprint density at radius 3 is 2.36 bits per heavy atom. The summed E-state index contributed by atoms with van der Waals surface area (Å²) in [7, 11) is 4.00. The second-order valence-electron chi connectivity index (χ2n) is 5.66. The number of carbonyl (C=O) groups is 1. The second kappa shape index (κ2) is 6.98. The quantitative estimate of drug-likeness (QED) is 0.889. The molecule has 0 atom stereocenters. The minimum Gasteiger partial charge on any atom is -0.378 e. The monoisotopic (exact) mass is 297 g/mol. The first-order valence-electron chi connectivity index (χ1n) is 7.34. The molecule has 116 valence electrons. The van der Waals surface area contributed by atoms with Gasteiger partial charge in [-0.3, -0.25) is 4.79 Å². The average molecular weight is 297 g/mol. The maximum Gasteiger partial charge on any atom is 0.243 e. The van der Waals surface area contributed by atoms with Gasteiger partial charge in [-0.1, -0.05) is 12.1 Å².